The minimum Gasteiger partial charge on any atom is -0.0651 e. The third-order valence-corrected chi connectivity index (χ3v) is 4.57. The maximum Gasteiger partial charge on any atom is -0.0318 e. The van der Waals surface area contributed by atoms with Crippen LogP contribution in [-0.2, 0) is 0 Å². The van der Waals surface area contributed by atoms with Crippen molar-refractivity contribution >= 4 is 0 Å². The van der Waals surface area contributed by atoms with Crippen LogP contribution in [0.2, 0.25) is 0 Å². The summed E-state index contributed by atoms with van der Waals surface area (Å²) in [5.41, 5.74) is 0. The Morgan fingerprint density at radius 1 is 1.18 bits per heavy atom. The molecule has 0 aromatic carbocycles. The van der Waals surface area contributed by atoms with Gasteiger partial charge in [0.1, 0.15) is 0 Å². The largest absolute Gasteiger partial charge is 0.0651 e. The molecule has 0 aromatic rings. The Morgan fingerprint density at radius 2 is 2.00 bits per heavy atom. The molecule has 0 heteroatoms. The summed E-state index contributed by atoms with van der Waals surface area (Å²) in [7, 11) is 0. The van der Waals surface area contributed by atoms with Crippen molar-refractivity contribution < 1.29 is 0 Å². The van der Waals surface area contributed by atoms with E-state index in [0.29, 0.717) is 0 Å². The lowest BCUT2D eigenvalue weighted by atomic mass is 9.91. The van der Waals surface area contributed by atoms with E-state index in [1.165, 1.54) is 30.1 Å². The van der Waals surface area contributed by atoms with E-state index in [2.05, 4.69) is 13.8 Å². The summed E-state index contributed by atoms with van der Waals surface area (Å²) in [6.45, 7) is 4.87. The fourth-order valence-corrected chi connectivity index (χ4v) is 4.02. The van der Waals surface area contributed by atoms with Crippen LogP contribution in [0.25, 0.3) is 0 Å². The second-order valence-corrected chi connectivity index (χ2v) is 5.10. The van der Waals surface area contributed by atoms with Gasteiger partial charge in [-0.15, -0.1) is 0 Å². The molecule has 6 atom stereocenters. The minimum absolute atomic E-state index is 1.08. The molecule has 0 saturated heterocycles. The van der Waals surface area contributed by atoms with Gasteiger partial charge in [0.2, 0.25) is 0 Å². The summed E-state index contributed by atoms with van der Waals surface area (Å²) < 4.78 is 0. The Morgan fingerprint density at radius 3 is 2.73 bits per heavy atom. The van der Waals surface area contributed by atoms with Gasteiger partial charge in [-0.1, -0.05) is 20.3 Å². The average molecular weight is 150 g/mol. The predicted octanol–water partition coefficient (Wildman–Crippen LogP) is 2.93. The van der Waals surface area contributed by atoms with Gasteiger partial charge in [0.05, 0.1) is 0 Å². The zero-order chi connectivity index (χ0) is 7.59. The van der Waals surface area contributed by atoms with Crippen LogP contribution in [0.1, 0.15) is 33.1 Å². The van der Waals surface area contributed by atoms with E-state index in [0.717, 1.165) is 11.8 Å². The predicted molar refractivity (Wildman–Crippen MR) is 46.1 cm³/mol. The summed E-state index contributed by atoms with van der Waals surface area (Å²) in [6.07, 6.45) is 4.63. The Balaban J connectivity index is 1.80. The molecule has 62 valence electrons. The van der Waals surface area contributed by atoms with Gasteiger partial charge in [-0.2, -0.15) is 0 Å². The molecular formula is C11H18. The van der Waals surface area contributed by atoms with Crippen LogP contribution < -0.4 is 0 Å². The van der Waals surface area contributed by atoms with Gasteiger partial charge in [-0.05, 0) is 48.3 Å². The first-order valence-corrected chi connectivity index (χ1v) is 5.33. The minimum atomic E-state index is 1.08. The SMILES string of the molecule is CCC1C2C(C)CC3CC3C12. The highest BCUT2D eigenvalue weighted by Crippen LogP contribution is 2.71. The maximum atomic E-state index is 2.49. The Labute approximate surface area is 69.4 Å². The molecule has 3 rings (SSSR count). The molecule has 0 nitrogen and oxygen atoms in total. The first-order chi connectivity index (χ1) is 5.33. The van der Waals surface area contributed by atoms with Crippen molar-refractivity contribution in [3.05, 3.63) is 0 Å². The second-order valence-electron chi connectivity index (χ2n) is 5.10. The lowest BCUT2D eigenvalue weighted by Crippen LogP contribution is -2.07. The highest BCUT2D eigenvalue weighted by molar-refractivity contribution is 5.13. The number of hydrogen-bond acceptors (Lipinski definition) is 0. The van der Waals surface area contributed by atoms with Gasteiger partial charge in [-0.3, -0.25) is 0 Å². The Bertz CT molecular complexity index is 180. The molecule has 3 fully saturated rings. The first-order valence-electron chi connectivity index (χ1n) is 5.33. The molecule has 11 heavy (non-hydrogen) atoms. The van der Waals surface area contributed by atoms with Gasteiger partial charge in [0, 0.05) is 0 Å². The van der Waals surface area contributed by atoms with E-state index in [4.69, 9.17) is 0 Å². The number of hydrogen-bond donors (Lipinski definition) is 0. The molecule has 0 spiro atoms. The molecule has 0 radical (unpaired) electrons. The molecule has 3 saturated carbocycles. The van der Waals surface area contributed by atoms with Crippen molar-refractivity contribution in [1.29, 1.82) is 0 Å². The fraction of sp³-hybridized carbons (Fsp3) is 1.00. The molecular weight excluding hydrogens is 132 g/mol. The second kappa shape index (κ2) is 1.84. The van der Waals surface area contributed by atoms with Crippen LogP contribution in [0.5, 0.6) is 0 Å². The number of fused-ring (bicyclic) bond motifs is 3. The van der Waals surface area contributed by atoms with E-state index in [-0.39, 0.29) is 0 Å². The van der Waals surface area contributed by atoms with E-state index in [1.54, 1.807) is 12.8 Å². The maximum absolute atomic E-state index is 2.49. The van der Waals surface area contributed by atoms with Crippen molar-refractivity contribution in [2.24, 2.45) is 35.5 Å². The van der Waals surface area contributed by atoms with Crippen molar-refractivity contribution in [1.82, 2.24) is 0 Å². The van der Waals surface area contributed by atoms with Crippen LogP contribution >= 0.6 is 0 Å². The van der Waals surface area contributed by atoms with Crippen molar-refractivity contribution in [3.8, 4) is 0 Å². The molecule has 6 unspecified atom stereocenters. The van der Waals surface area contributed by atoms with Crippen LogP contribution in [-0.4, -0.2) is 0 Å². The lowest BCUT2D eigenvalue weighted by Gasteiger charge is -2.14. The molecule has 0 N–H and O–H groups in total. The smallest absolute Gasteiger partial charge is 0.0318 e. The monoisotopic (exact) mass is 150 g/mol. The van der Waals surface area contributed by atoms with Crippen LogP contribution in [0.15, 0.2) is 0 Å². The van der Waals surface area contributed by atoms with E-state index in [1.807, 2.05) is 0 Å². The van der Waals surface area contributed by atoms with Crippen LogP contribution in [0, 0.1) is 35.5 Å². The highest BCUT2D eigenvalue weighted by atomic mass is 14.7. The summed E-state index contributed by atoms with van der Waals surface area (Å²) >= 11 is 0. The summed E-state index contributed by atoms with van der Waals surface area (Å²) in [4.78, 5) is 0. The Hall–Kier alpha value is 0. The fourth-order valence-electron chi connectivity index (χ4n) is 4.02. The molecule has 0 amide bonds. The van der Waals surface area contributed by atoms with Gasteiger partial charge < -0.3 is 0 Å². The van der Waals surface area contributed by atoms with Gasteiger partial charge in [0.25, 0.3) is 0 Å². The van der Waals surface area contributed by atoms with E-state index in [9.17, 15) is 0 Å². The lowest BCUT2D eigenvalue weighted by molar-refractivity contribution is 0.344. The molecule has 0 aromatic heterocycles. The van der Waals surface area contributed by atoms with Gasteiger partial charge in [-0.25, -0.2) is 0 Å². The zero-order valence-corrected chi connectivity index (χ0v) is 7.59. The quantitative estimate of drug-likeness (QED) is 0.539. The molecule has 3 aliphatic carbocycles. The standard InChI is InChI=1S/C11H18/c1-3-8-10-6(2)4-7-5-9(7)11(8)10/h6-11H,3-5H2,1-2H3. The van der Waals surface area contributed by atoms with Gasteiger partial charge in [0.15, 0.2) is 0 Å². The average Bonchev–Trinajstić information content (AvgIpc) is 2.77. The molecule has 3 aliphatic rings. The third-order valence-electron chi connectivity index (χ3n) is 4.57. The molecule has 0 bridgehead atoms. The molecule has 0 heterocycles. The first kappa shape index (κ1) is 6.51. The third kappa shape index (κ3) is 0.711. The normalized spacial score (nSPS) is 64.9. The summed E-state index contributed by atoms with van der Waals surface area (Å²) in [5, 5.41) is 0. The zero-order valence-electron chi connectivity index (χ0n) is 7.59. The van der Waals surface area contributed by atoms with Crippen molar-refractivity contribution in [2.75, 3.05) is 0 Å². The highest BCUT2D eigenvalue weighted by Gasteiger charge is 2.64. The van der Waals surface area contributed by atoms with Crippen molar-refractivity contribution in [2.45, 2.75) is 33.1 Å². The Kier molecular flexibility index (Phi) is 1.09. The van der Waals surface area contributed by atoms with Gasteiger partial charge >= 0.3 is 0 Å². The van der Waals surface area contributed by atoms with E-state index < -0.39 is 0 Å². The molecule has 0 aliphatic heterocycles. The number of rotatable bonds is 1. The van der Waals surface area contributed by atoms with Crippen molar-refractivity contribution in [3.63, 3.8) is 0 Å². The summed E-state index contributed by atoms with van der Waals surface area (Å²) in [5.74, 6) is 7.00. The summed E-state index contributed by atoms with van der Waals surface area (Å²) in [6, 6.07) is 0. The topological polar surface area (TPSA) is 0 Å². The van der Waals surface area contributed by atoms with Crippen LogP contribution in [0.3, 0.4) is 0 Å². The van der Waals surface area contributed by atoms with Crippen LogP contribution in [0.4, 0.5) is 0 Å². The van der Waals surface area contributed by atoms with E-state index >= 15 is 0 Å².